The SMILES string of the molecule is CC(OC(=O)Cc1c[nH]c2ccccc12)C(=O)Nc1cc(Cl)ccc1Cl. The molecule has 1 heterocycles. The van der Waals surface area contributed by atoms with Gasteiger partial charge < -0.3 is 15.0 Å². The van der Waals surface area contributed by atoms with Gasteiger partial charge in [0.05, 0.1) is 17.1 Å². The zero-order valence-electron chi connectivity index (χ0n) is 13.9. The minimum Gasteiger partial charge on any atom is -0.452 e. The Morgan fingerprint density at radius 2 is 1.96 bits per heavy atom. The number of rotatable bonds is 5. The second-order valence-corrected chi connectivity index (χ2v) is 6.63. The fourth-order valence-corrected chi connectivity index (χ4v) is 2.89. The molecule has 0 aliphatic heterocycles. The van der Waals surface area contributed by atoms with E-state index in [1.54, 1.807) is 18.3 Å². The molecular weight excluding hydrogens is 375 g/mol. The number of H-pyrrole nitrogens is 1. The first kappa shape index (κ1) is 18.3. The average Bonchev–Trinajstić information content (AvgIpc) is 3.01. The predicted octanol–water partition coefficient (Wildman–Crippen LogP) is 4.59. The summed E-state index contributed by atoms with van der Waals surface area (Å²) in [6.45, 7) is 1.50. The summed E-state index contributed by atoms with van der Waals surface area (Å²) >= 11 is 11.9. The first-order valence-electron chi connectivity index (χ1n) is 7.94. The highest BCUT2D eigenvalue weighted by molar-refractivity contribution is 6.35. The molecule has 1 atom stereocenters. The number of halogens is 2. The molecular formula is C19H16Cl2N2O3. The van der Waals surface area contributed by atoms with E-state index < -0.39 is 18.0 Å². The Balaban J connectivity index is 1.61. The summed E-state index contributed by atoms with van der Waals surface area (Å²) in [5.41, 5.74) is 2.12. The Labute approximate surface area is 160 Å². The topological polar surface area (TPSA) is 71.2 Å². The summed E-state index contributed by atoms with van der Waals surface area (Å²) in [6, 6.07) is 12.4. The van der Waals surface area contributed by atoms with Gasteiger partial charge in [0.25, 0.3) is 5.91 Å². The van der Waals surface area contributed by atoms with Crippen LogP contribution in [0.25, 0.3) is 10.9 Å². The number of nitrogens with one attached hydrogen (secondary N) is 2. The number of benzene rings is 2. The van der Waals surface area contributed by atoms with Gasteiger partial charge in [-0.25, -0.2) is 0 Å². The largest absolute Gasteiger partial charge is 0.452 e. The summed E-state index contributed by atoms with van der Waals surface area (Å²) in [4.78, 5) is 27.5. The molecule has 0 fully saturated rings. The number of anilines is 1. The first-order chi connectivity index (χ1) is 12.4. The van der Waals surface area contributed by atoms with Gasteiger partial charge in [0.15, 0.2) is 6.10 Å². The maximum absolute atomic E-state index is 12.2. The van der Waals surface area contributed by atoms with Crippen molar-refractivity contribution < 1.29 is 14.3 Å². The highest BCUT2D eigenvalue weighted by Crippen LogP contribution is 2.25. The lowest BCUT2D eigenvalue weighted by Gasteiger charge is -2.14. The van der Waals surface area contributed by atoms with Gasteiger partial charge in [-0.2, -0.15) is 0 Å². The summed E-state index contributed by atoms with van der Waals surface area (Å²) in [6.07, 6.45) is 0.866. The van der Waals surface area contributed by atoms with Crippen molar-refractivity contribution in [1.29, 1.82) is 0 Å². The van der Waals surface area contributed by atoms with Gasteiger partial charge in [-0.3, -0.25) is 9.59 Å². The third-order valence-corrected chi connectivity index (χ3v) is 4.44. The van der Waals surface area contributed by atoms with Crippen LogP contribution < -0.4 is 5.32 Å². The van der Waals surface area contributed by atoms with Crippen molar-refractivity contribution in [2.45, 2.75) is 19.4 Å². The second kappa shape index (κ2) is 7.81. The number of fused-ring (bicyclic) bond motifs is 1. The highest BCUT2D eigenvalue weighted by atomic mass is 35.5. The Kier molecular flexibility index (Phi) is 5.49. The van der Waals surface area contributed by atoms with Crippen molar-refractivity contribution in [3.8, 4) is 0 Å². The number of hydrogen-bond donors (Lipinski definition) is 2. The Morgan fingerprint density at radius 1 is 1.19 bits per heavy atom. The lowest BCUT2D eigenvalue weighted by Crippen LogP contribution is -2.30. The van der Waals surface area contributed by atoms with Crippen molar-refractivity contribution in [3.05, 3.63) is 64.3 Å². The van der Waals surface area contributed by atoms with E-state index in [4.69, 9.17) is 27.9 Å². The van der Waals surface area contributed by atoms with Crippen molar-refractivity contribution in [2.24, 2.45) is 0 Å². The lowest BCUT2D eigenvalue weighted by molar-refractivity contribution is -0.152. The Hall–Kier alpha value is -2.50. The summed E-state index contributed by atoms with van der Waals surface area (Å²) in [5, 5.41) is 4.34. The van der Waals surface area contributed by atoms with E-state index in [1.807, 2.05) is 24.3 Å². The van der Waals surface area contributed by atoms with Crippen molar-refractivity contribution in [1.82, 2.24) is 4.98 Å². The number of esters is 1. The van der Waals surface area contributed by atoms with Crippen LogP contribution in [-0.2, 0) is 20.7 Å². The van der Waals surface area contributed by atoms with Crippen molar-refractivity contribution in [3.63, 3.8) is 0 Å². The minimum atomic E-state index is -0.970. The van der Waals surface area contributed by atoms with Crippen LogP contribution in [0.1, 0.15) is 12.5 Å². The number of hydrogen-bond acceptors (Lipinski definition) is 3. The number of carbonyl (C=O) groups is 2. The van der Waals surface area contributed by atoms with Gasteiger partial charge in [-0.05, 0) is 36.8 Å². The molecule has 5 nitrogen and oxygen atoms in total. The number of ether oxygens (including phenoxy) is 1. The molecule has 0 bridgehead atoms. The molecule has 0 saturated carbocycles. The standard InChI is InChI=1S/C19H16Cl2N2O3/c1-11(19(25)23-17-9-13(20)6-7-15(17)21)26-18(24)8-12-10-22-16-5-3-2-4-14(12)16/h2-7,9-11,22H,8H2,1H3,(H,23,25). The molecule has 3 rings (SSSR count). The van der Waals surface area contributed by atoms with Gasteiger partial charge in [0.2, 0.25) is 0 Å². The highest BCUT2D eigenvalue weighted by Gasteiger charge is 2.20. The fourth-order valence-electron chi connectivity index (χ4n) is 2.55. The molecule has 3 aromatic rings. The molecule has 2 aromatic carbocycles. The van der Waals surface area contributed by atoms with Gasteiger partial charge >= 0.3 is 5.97 Å². The third-order valence-electron chi connectivity index (χ3n) is 3.87. The number of para-hydroxylation sites is 1. The molecule has 26 heavy (non-hydrogen) atoms. The molecule has 0 radical (unpaired) electrons. The maximum Gasteiger partial charge on any atom is 0.311 e. The fraction of sp³-hybridized carbons (Fsp3) is 0.158. The number of carbonyl (C=O) groups excluding carboxylic acids is 2. The van der Waals surface area contributed by atoms with Crippen molar-refractivity contribution in [2.75, 3.05) is 5.32 Å². The van der Waals surface area contributed by atoms with E-state index >= 15 is 0 Å². The van der Waals surface area contributed by atoms with Crippen LogP contribution in [0.2, 0.25) is 10.0 Å². The van der Waals surface area contributed by atoms with Gasteiger partial charge in [0, 0.05) is 22.1 Å². The molecule has 0 aliphatic carbocycles. The molecule has 1 aromatic heterocycles. The van der Waals surface area contributed by atoms with Crippen LogP contribution in [0.3, 0.4) is 0 Å². The lowest BCUT2D eigenvalue weighted by atomic mass is 10.1. The molecule has 0 saturated heterocycles. The van der Waals surface area contributed by atoms with E-state index in [0.717, 1.165) is 16.5 Å². The predicted molar refractivity (Wildman–Crippen MR) is 103 cm³/mol. The summed E-state index contributed by atoms with van der Waals surface area (Å²) in [7, 11) is 0. The van der Waals surface area contributed by atoms with Gasteiger partial charge in [-0.15, -0.1) is 0 Å². The molecule has 7 heteroatoms. The number of aromatic amines is 1. The van der Waals surface area contributed by atoms with E-state index in [2.05, 4.69) is 10.3 Å². The molecule has 0 spiro atoms. The van der Waals surface area contributed by atoms with Crippen LogP contribution in [0.5, 0.6) is 0 Å². The van der Waals surface area contributed by atoms with Crippen LogP contribution in [0, 0.1) is 0 Å². The van der Waals surface area contributed by atoms with E-state index in [9.17, 15) is 9.59 Å². The summed E-state index contributed by atoms with van der Waals surface area (Å²) < 4.78 is 5.24. The van der Waals surface area contributed by atoms with E-state index in [0.29, 0.717) is 15.7 Å². The molecule has 1 unspecified atom stereocenters. The number of amides is 1. The van der Waals surface area contributed by atoms with Crippen LogP contribution in [-0.4, -0.2) is 23.0 Å². The van der Waals surface area contributed by atoms with E-state index in [1.165, 1.54) is 13.0 Å². The minimum absolute atomic E-state index is 0.0690. The second-order valence-electron chi connectivity index (χ2n) is 5.78. The summed E-state index contributed by atoms with van der Waals surface area (Å²) in [5.74, 6) is -0.976. The van der Waals surface area contributed by atoms with Crippen LogP contribution >= 0.6 is 23.2 Å². The third kappa shape index (κ3) is 4.18. The Morgan fingerprint density at radius 3 is 2.77 bits per heavy atom. The van der Waals surface area contributed by atoms with Crippen molar-refractivity contribution >= 4 is 51.7 Å². The zero-order valence-corrected chi connectivity index (χ0v) is 15.4. The molecule has 1 amide bonds. The monoisotopic (exact) mass is 390 g/mol. The Bertz CT molecular complexity index is 968. The van der Waals surface area contributed by atoms with Gasteiger partial charge in [0.1, 0.15) is 0 Å². The maximum atomic E-state index is 12.2. The van der Waals surface area contributed by atoms with Crippen LogP contribution in [0.4, 0.5) is 5.69 Å². The molecule has 0 aliphatic rings. The zero-order chi connectivity index (χ0) is 18.7. The quantitative estimate of drug-likeness (QED) is 0.625. The first-order valence-corrected chi connectivity index (χ1v) is 8.70. The smallest absolute Gasteiger partial charge is 0.311 e. The molecule has 2 N–H and O–H groups in total. The van der Waals surface area contributed by atoms with Gasteiger partial charge in [-0.1, -0.05) is 41.4 Å². The van der Waals surface area contributed by atoms with E-state index in [-0.39, 0.29) is 6.42 Å². The normalized spacial score (nSPS) is 12.0. The average molecular weight is 391 g/mol. The van der Waals surface area contributed by atoms with Crippen LogP contribution in [0.15, 0.2) is 48.7 Å². The molecule has 134 valence electrons. The number of aromatic nitrogens is 1.